The summed E-state index contributed by atoms with van der Waals surface area (Å²) in [4.78, 5) is 40.7. The van der Waals surface area contributed by atoms with Crippen molar-refractivity contribution in [1.29, 1.82) is 0 Å². The van der Waals surface area contributed by atoms with Crippen molar-refractivity contribution in [2.45, 2.75) is 57.7 Å². The Hall–Kier alpha value is -2.03. The highest BCUT2D eigenvalue weighted by atomic mass is 28.3. The van der Waals surface area contributed by atoms with Gasteiger partial charge in [-0.05, 0) is 29.7 Å². The van der Waals surface area contributed by atoms with Gasteiger partial charge >= 0.3 is 0 Å². The predicted octanol–water partition coefficient (Wildman–Crippen LogP) is 1.96. The maximum absolute atomic E-state index is 12.9. The first-order valence-electron chi connectivity index (χ1n) is 9.67. The van der Waals surface area contributed by atoms with Gasteiger partial charge < -0.3 is 14.7 Å². The quantitative estimate of drug-likeness (QED) is 0.426. The number of hydrogen-bond donors (Lipinski definition) is 1. The highest BCUT2D eigenvalue weighted by Crippen LogP contribution is 2.29. The monoisotopic (exact) mass is 404 g/mol. The minimum absolute atomic E-state index is 0.0533. The number of benzene rings is 1. The maximum atomic E-state index is 12.9. The average molecular weight is 405 g/mol. The number of ether oxygens (including phenoxy) is 1. The lowest BCUT2D eigenvalue weighted by Gasteiger charge is -2.35. The van der Waals surface area contributed by atoms with Gasteiger partial charge in [-0.3, -0.25) is 19.3 Å². The molecule has 1 N–H and O–H groups in total. The number of aliphatic hydroxyl groups is 1. The molecule has 0 aromatic heterocycles. The fraction of sp³-hybridized carbons (Fsp3) is 0.550. The van der Waals surface area contributed by atoms with Crippen LogP contribution in [0.5, 0.6) is 0 Å². The summed E-state index contributed by atoms with van der Waals surface area (Å²) in [5.74, 6) is -0.841. The number of rotatable bonds is 7. The van der Waals surface area contributed by atoms with Crippen LogP contribution in [0.2, 0.25) is 25.7 Å². The molecule has 28 heavy (non-hydrogen) atoms. The third-order valence-corrected chi connectivity index (χ3v) is 6.97. The van der Waals surface area contributed by atoms with Gasteiger partial charge in [-0.2, -0.15) is 0 Å². The normalized spacial score (nSPS) is 20.1. The third kappa shape index (κ3) is 4.34. The van der Waals surface area contributed by atoms with Crippen LogP contribution in [0.25, 0.3) is 0 Å². The zero-order chi connectivity index (χ0) is 20.5. The van der Waals surface area contributed by atoms with Crippen LogP contribution in [0.15, 0.2) is 18.2 Å². The molecule has 0 spiro atoms. The SMILES string of the molecule is C[Si](C)(C)CCOCN1C(=O)CCC(N2Cc3ccc(CO)cc3C2=O)C1=O. The second-order valence-electron chi connectivity index (χ2n) is 8.65. The molecule has 2 heterocycles. The van der Waals surface area contributed by atoms with Gasteiger partial charge in [0, 0.05) is 33.2 Å². The van der Waals surface area contributed by atoms with E-state index < -0.39 is 14.1 Å². The largest absolute Gasteiger partial charge is 0.392 e. The highest BCUT2D eigenvalue weighted by molar-refractivity contribution is 6.76. The lowest BCUT2D eigenvalue weighted by Crippen LogP contribution is -2.55. The molecule has 0 bridgehead atoms. The number of carbonyl (C=O) groups is 3. The number of hydrogen-bond acceptors (Lipinski definition) is 5. The smallest absolute Gasteiger partial charge is 0.255 e. The number of piperidine rings is 1. The van der Waals surface area contributed by atoms with Gasteiger partial charge in [0.25, 0.3) is 11.8 Å². The molecule has 0 radical (unpaired) electrons. The van der Waals surface area contributed by atoms with Crippen molar-refractivity contribution in [2.75, 3.05) is 13.3 Å². The number of nitrogens with zero attached hydrogens (tertiary/aromatic N) is 2. The Labute approximate surface area is 166 Å². The number of likely N-dealkylation sites (tertiary alicyclic amines) is 1. The zero-order valence-electron chi connectivity index (χ0n) is 16.7. The molecule has 1 unspecified atom stereocenters. The van der Waals surface area contributed by atoms with E-state index in [4.69, 9.17) is 4.74 Å². The van der Waals surface area contributed by atoms with Crippen molar-refractivity contribution in [2.24, 2.45) is 0 Å². The molecule has 1 aromatic carbocycles. The topological polar surface area (TPSA) is 87.2 Å². The maximum Gasteiger partial charge on any atom is 0.255 e. The fourth-order valence-corrected chi connectivity index (χ4v) is 4.26. The lowest BCUT2D eigenvalue weighted by molar-refractivity contribution is -0.158. The van der Waals surface area contributed by atoms with Crippen molar-refractivity contribution >= 4 is 25.8 Å². The fourth-order valence-electron chi connectivity index (χ4n) is 3.50. The van der Waals surface area contributed by atoms with E-state index in [-0.39, 0.29) is 37.5 Å². The number of aliphatic hydroxyl groups excluding tert-OH is 1. The van der Waals surface area contributed by atoms with Crippen LogP contribution in [0, 0.1) is 0 Å². The first-order valence-corrected chi connectivity index (χ1v) is 13.4. The summed E-state index contributed by atoms with van der Waals surface area (Å²) in [7, 11) is -1.25. The van der Waals surface area contributed by atoms with Crippen molar-refractivity contribution < 1.29 is 24.2 Å². The van der Waals surface area contributed by atoms with E-state index in [9.17, 15) is 19.5 Å². The second kappa shape index (κ2) is 8.14. The molecule has 8 heteroatoms. The van der Waals surface area contributed by atoms with Crippen LogP contribution in [0.4, 0.5) is 0 Å². The Bertz CT molecular complexity index is 789. The van der Waals surface area contributed by atoms with E-state index in [1.807, 2.05) is 6.07 Å². The Morgan fingerprint density at radius 3 is 2.64 bits per heavy atom. The summed E-state index contributed by atoms with van der Waals surface area (Å²) >= 11 is 0. The molecule has 3 rings (SSSR count). The van der Waals surface area contributed by atoms with Crippen LogP contribution >= 0.6 is 0 Å². The van der Waals surface area contributed by atoms with E-state index in [1.54, 1.807) is 12.1 Å². The molecular formula is C20H28N2O5Si. The summed E-state index contributed by atoms with van der Waals surface area (Å²) in [6, 6.07) is 5.57. The molecule has 0 aliphatic carbocycles. The summed E-state index contributed by atoms with van der Waals surface area (Å²) in [6.07, 6.45) is 0.547. The van der Waals surface area contributed by atoms with Crippen LogP contribution in [0.3, 0.4) is 0 Å². The molecule has 2 aliphatic heterocycles. The molecule has 152 valence electrons. The molecule has 1 aromatic rings. The van der Waals surface area contributed by atoms with E-state index >= 15 is 0 Å². The first-order chi connectivity index (χ1) is 13.2. The van der Waals surface area contributed by atoms with E-state index in [0.29, 0.717) is 30.7 Å². The van der Waals surface area contributed by atoms with Gasteiger partial charge in [0.05, 0.1) is 6.61 Å². The van der Waals surface area contributed by atoms with Crippen molar-refractivity contribution in [3.05, 3.63) is 34.9 Å². The van der Waals surface area contributed by atoms with Gasteiger partial charge in [-0.25, -0.2) is 0 Å². The van der Waals surface area contributed by atoms with Crippen LogP contribution < -0.4 is 0 Å². The minimum Gasteiger partial charge on any atom is -0.392 e. The van der Waals surface area contributed by atoms with E-state index in [0.717, 1.165) is 16.5 Å². The van der Waals surface area contributed by atoms with Gasteiger partial charge in [0.15, 0.2) is 0 Å². The van der Waals surface area contributed by atoms with Gasteiger partial charge in [-0.1, -0.05) is 31.8 Å². The number of imide groups is 1. The number of fused-ring (bicyclic) bond motifs is 1. The molecular weight excluding hydrogens is 376 g/mol. The Balaban J connectivity index is 1.67. The van der Waals surface area contributed by atoms with Crippen LogP contribution in [0.1, 0.15) is 34.3 Å². The van der Waals surface area contributed by atoms with Crippen LogP contribution in [-0.4, -0.2) is 60.1 Å². The Morgan fingerprint density at radius 1 is 1.21 bits per heavy atom. The predicted molar refractivity (Wildman–Crippen MR) is 106 cm³/mol. The number of carbonyl (C=O) groups excluding carboxylic acids is 3. The van der Waals surface area contributed by atoms with Crippen molar-refractivity contribution in [3.63, 3.8) is 0 Å². The van der Waals surface area contributed by atoms with Crippen molar-refractivity contribution in [1.82, 2.24) is 9.80 Å². The van der Waals surface area contributed by atoms with Gasteiger partial charge in [0.1, 0.15) is 12.8 Å². The first kappa shape index (κ1) is 20.7. The summed E-state index contributed by atoms with van der Waals surface area (Å²) in [6.45, 7) is 7.39. The van der Waals surface area contributed by atoms with Gasteiger partial charge in [-0.15, -0.1) is 0 Å². The molecule has 1 fully saturated rings. The molecule has 2 aliphatic rings. The zero-order valence-corrected chi connectivity index (χ0v) is 17.7. The van der Waals surface area contributed by atoms with Crippen LogP contribution in [-0.2, 0) is 27.5 Å². The molecule has 1 atom stereocenters. The second-order valence-corrected chi connectivity index (χ2v) is 14.3. The highest BCUT2D eigenvalue weighted by Gasteiger charge is 2.42. The standard InChI is InChI=1S/C20H28N2O5Si/c1-28(2,3)9-8-27-13-22-18(24)7-6-17(20(22)26)21-11-15-5-4-14(12-23)10-16(15)19(21)25/h4-5,10,17,23H,6-9,11-13H2,1-3H3. The van der Waals surface area contributed by atoms with Crippen molar-refractivity contribution in [3.8, 4) is 0 Å². The minimum atomic E-state index is -1.25. The molecule has 3 amide bonds. The molecule has 1 saturated heterocycles. The van der Waals surface area contributed by atoms with E-state index in [2.05, 4.69) is 19.6 Å². The Morgan fingerprint density at radius 2 is 1.96 bits per heavy atom. The average Bonchev–Trinajstić information content (AvgIpc) is 2.96. The summed E-state index contributed by atoms with van der Waals surface area (Å²) < 4.78 is 5.61. The Kier molecular flexibility index (Phi) is 6.02. The van der Waals surface area contributed by atoms with E-state index in [1.165, 1.54) is 4.90 Å². The molecule has 0 saturated carbocycles. The number of amides is 3. The lowest BCUT2D eigenvalue weighted by atomic mass is 10.0. The summed E-state index contributed by atoms with van der Waals surface area (Å²) in [5.41, 5.74) is 2.02. The van der Waals surface area contributed by atoms with Gasteiger partial charge in [0.2, 0.25) is 5.91 Å². The summed E-state index contributed by atoms with van der Waals surface area (Å²) in [5, 5.41) is 9.29. The molecule has 7 nitrogen and oxygen atoms in total. The third-order valence-electron chi connectivity index (χ3n) is 5.27.